The van der Waals surface area contributed by atoms with Crippen LogP contribution in [-0.4, -0.2) is 69.1 Å². The lowest BCUT2D eigenvalue weighted by molar-refractivity contribution is 0.103. The molecule has 10 nitrogen and oxygen atoms in total. The second kappa shape index (κ2) is 10.1. The number of rotatable bonds is 7. The highest BCUT2D eigenvalue weighted by Gasteiger charge is 2.19. The smallest absolute Gasteiger partial charge is 0.325 e. The van der Waals surface area contributed by atoms with Gasteiger partial charge in [0.25, 0.3) is 0 Å². The van der Waals surface area contributed by atoms with Gasteiger partial charge in [-0.05, 0) is 50.4 Å². The van der Waals surface area contributed by atoms with E-state index >= 15 is 0 Å². The maximum atomic E-state index is 13.9. The first kappa shape index (κ1) is 23.4. The molecule has 3 aromatic heterocycles. The van der Waals surface area contributed by atoms with Crippen molar-refractivity contribution >= 4 is 23.2 Å². The van der Waals surface area contributed by atoms with E-state index in [1.54, 1.807) is 24.3 Å². The Hall–Kier alpha value is -4.38. The fourth-order valence-corrected chi connectivity index (χ4v) is 3.82. The third-order valence-electron chi connectivity index (χ3n) is 5.81. The van der Waals surface area contributed by atoms with Crippen molar-refractivity contribution in [3.8, 4) is 11.8 Å². The minimum Gasteiger partial charge on any atom is -0.424 e. The highest BCUT2D eigenvalue weighted by atomic mass is 19.1. The molecule has 0 bridgehead atoms. The first-order valence-corrected chi connectivity index (χ1v) is 11.5. The van der Waals surface area contributed by atoms with Gasteiger partial charge >= 0.3 is 6.01 Å². The van der Waals surface area contributed by atoms with Crippen LogP contribution in [0.25, 0.3) is 0 Å². The largest absolute Gasteiger partial charge is 0.424 e. The number of benzene rings is 1. The van der Waals surface area contributed by atoms with Crippen molar-refractivity contribution in [1.82, 2.24) is 30.0 Å². The average molecular weight is 489 g/mol. The number of hydrogen-bond acceptors (Lipinski definition) is 9. The van der Waals surface area contributed by atoms with E-state index < -0.39 is 11.7 Å². The maximum absolute atomic E-state index is 13.9. The normalized spacial score (nSPS) is 14.0. The van der Waals surface area contributed by atoms with Gasteiger partial charge in [0.1, 0.15) is 17.4 Å². The molecule has 5 rings (SSSR count). The Kier molecular flexibility index (Phi) is 6.54. The number of aryl methyl sites for hydroxylation is 1. The molecule has 184 valence electrons. The van der Waals surface area contributed by atoms with Crippen molar-refractivity contribution in [3.05, 3.63) is 77.5 Å². The van der Waals surface area contributed by atoms with Crippen LogP contribution in [0.5, 0.6) is 11.8 Å². The third kappa shape index (κ3) is 5.31. The number of nitrogens with one attached hydrogen (secondary N) is 2. The Balaban J connectivity index is 1.38. The van der Waals surface area contributed by atoms with Gasteiger partial charge in [-0.15, -0.1) is 0 Å². The molecule has 1 aromatic carbocycles. The zero-order valence-corrected chi connectivity index (χ0v) is 19.9. The molecule has 4 aromatic rings. The number of ether oxygens (including phenoxy) is 1. The number of piperazine rings is 1. The van der Waals surface area contributed by atoms with Crippen LogP contribution in [0.3, 0.4) is 0 Å². The van der Waals surface area contributed by atoms with Gasteiger partial charge in [0.2, 0.25) is 5.95 Å². The van der Waals surface area contributed by atoms with Gasteiger partial charge in [-0.25, -0.2) is 4.98 Å². The standard InChI is InChI=1S/C25H25FN8O2/c1-16-14-21(32-31-16)28-20-15-22(34-12-10-33(2)11-13-34)30-25(29-20)36-18-7-5-17(6-8-18)23(35)19-4-3-9-27-24(19)26/h3-9,14-15H,10-13H2,1-2H3,(H2,28,29,30,31,32). The molecular weight excluding hydrogens is 463 g/mol. The zero-order chi connectivity index (χ0) is 25.1. The van der Waals surface area contributed by atoms with Crippen LogP contribution in [0.4, 0.5) is 21.8 Å². The Labute approximate surface area is 207 Å². The van der Waals surface area contributed by atoms with E-state index in [1.165, 1.54) is 18.3 Å². The monoisotopic (exact) mass is 488 g/mol. The first-order chi connectivity index (χ1) is 17.4. The van der Waals surface area contributed by atoms with Crippen LogP contribution in [0.1, 0.15) is 21.6 Å². The predicted molar refractivity (Wildman–Crippen MR) is 132 cm³/mol. The Morgan fingerprint density at radius 2 is 1.83 bits per heavy atom. The van der Waals surface area contributed by atoms with Crippen LogP contribution in [0.2, 0.25) is 0 Å². The fraction of sp³-hybridized carbons (Fsp3) is 0.240. The van der Waals surface area contributed by atoms with Crippen LogP contribution >= 0.6 is 0 Å². The minimum absolute atomic E-state index is 0.0845. The number of carbonyl (C=O) groups is 1. The highest BCUT2D eigenvalue weighted by molar-refractivity contribution is 6.09. The summed E-state index contributed by atoms with van der Waals surface area (Å²) in [5.74, 6) is 1.09. The van der Waals surface area contributed by atoms with Gasteiger partial charge in [0.05, 0.1) is 5.56 Å². The molecular formula is C25H25FN8O2. The molecule has 1 fully saturated rings. The molecule has 0 amide bonds. The van der Waals surface area contributed by atoms with Crippen molar-refractivity contribution in [2.75, 3.05) is 43.4 Å². The number of nitrogens with zero attached hydrogens (tertiary/aromatic N) is 6. The lowest BCUT2D eigenvalue weighted by Gasteiger charge is -2.33. The van der Waals surface area contributed by atoms with E-state index in [4.69, 9.17) is 4.74 Å². The molecule has 0 saturated carbocycles. The van der Waals surface area contributed by atoms with E-state index in [2.05, 4.69) is 47.3 Å². The SMILES string of the molecule is Cc1cc(Nc2cc(N3CCN(C)CC3)nc(Oc3ccc(C(=O)c4cccnc4F)cc3)n2)n[nH]1. The number of halogens is 1. The summed E-state index contributed by atoms with van der Waals surface area (Å²) in [6, 6.07) is 13.2. The summed E-state index contributed by atoms with van der Waals surface area (Å²) in [7, 11) is 2.09. The zero-order valence-electron chi connectivity index (χ0n) is 19.9. The number of H-pyrrole nitrogens is 1. The Morgan fingerprint density at radius 1 is 1.06 bits per heavy atom. The van der Waals surface area contributed by atoms with Crippen LogP contribution < -0.4 is 15.0 Å². The number of hydrogen-bond donors (Lipinski definition) is 2. The van der Waals surface area contributed by atoms with E-state index in [0.29, 0.717) is 22.9 Å². The van der Waals surface area contributed by atoms with E-state index in [0.717, 1.165) is 37.7 Å². The molecule has 0 aliphatic carbocycles. The molecule has 1 aliphatic heterocycles. The summed E-state index contributed by atoms with van der Waals surface area (Å²) in [4.78, 5) is 29.7. The number of anilines is 3. The van der Waals surface area contributed by atoms with Crippen molar-refractivity contribution in [3.63, 3.8) is 0 Å². The van der Waals surface area contributed by atoms with Gasteiger partial charge in [0.15, 0.2) is 11.6 Å². The molecule has 1 aliphatic rings. The summed E-state index contributed by atoms with van der Waals surface area (Å²) in [6.45, 7) is 5.42. The molecule has 36 heavy (non-hydrogen) atoms. The highest BCUT2D eigenvalue weighted by Crippen LogP contribution is 2.26. The number of aromatic nitrogens is 5. The number of carbonyl (C=O) groups excluding carboxylic acids is 1. The van der Waals surface area contributed by atoms with Crippen LogP contribution in [-0.2, 0) is 0 Å². The Bertz CT molecular complexity index is 1370. The van der Waals surface area contributed by atoms with Gasteiger partial charge < -0.3 is 19.9 Å². The number of likely N-dealkylation sites (N-methyl/N-ethyl adjacent to an activating group) is 1. The predicted octanol–water partition coefficient (Wildman–Crippen LogP) is 3.56. The fourth-order valence-electron chi connectivity index (χ4n) is 3.82. The maximum Gasteiger partial charge on any atom is 0.325 e. The van der Waals surface area contributed by atoms with Crippen LogP contribution in [0.15, 0.2) is 54.7 Å². The van der Waals surface area contributed by atoms with E-state index in [1.807, 2.05) is 19.1 Å². The lowest BCUT2D eigenvalue weighted by atomic mass is 10.0. The minimum atomic E-state index is -0.802. The van der Waals surface area contributed by atoms with Crippen molar-refractivity contribution < 1.29 is 13.9 Å². The quantitative estimate of drug-likeness (QED) is 0.298. The number of aromatic amines is 1. The van der Waals surface area contributed by atoms with Crippen molar-refractivity contribution in [2.24, 2.45) is 0 Å². The summed E-state index contributed by atoms with van der Waals surface area (Å²) >= 11 is 0. The van der Waals surface area contributed by atoms with Gasteiger partial charge in [-0.1, -0.05) is 0 Å². The second-order valence-corrected chi connectivity index (χ2v) is 8.54. The molecule has 0 spiro atoms. The van der Waals surface area contributed by atoms with Gasteiger partial charge in [-0.2, -0.15) is 19.5 Å². The molecule has 0 radical (unpaired) electrons. The first-order valence-electron chi connectivity index (χ1n) is 11.5. The van der Waals surface area contributed by atoms with E-state index in [9.17, 15) is 9.18 Å². The second-order valence-electron chi connectivity index (χ2n) is 8.54. The Morgan fingerprint density at radius 3 is 2.53 bits per heavy atom. The molecule has 1 saturated heterocycles. The summed E-state index contributed by atoms with van der Waals surface area (Å²) in [5.41, 5.74) is 1.15. The molecule has 4 heterocycles. The molecule has 0 atom stereocenters. The lowest BCUT2D eigenvalue weighted by Crippen LogP contribution is -2.44. The number of ketones is 1. The molecule has 11 heteroatoms. The third-order valence-corrected chi connectivity index (χ3v) is 5.81. The molecule has 0 unspecified atom stereocenters. The summed E-state index contributed by atoms with van der Waals surface area (Å²) in [5, 5.41) is 10.3. The summed E-state index contributed by atoms with van der Waals surface area (Å²) in [6.07, 6.45) is 1.30. The molecule has 2 N–H and O–H groups in total. The topological polar surface area (TPSA) is 112 Å². The van der Waals surface area contributed by atoms with E-state index in [-0.39, 0.29) is 11.6 Å². The summed E-state index contributed by atoms with van der Waals surface area (Å²) < 4.78 is 19.9. The average Bonchev–Trinajstić information content (AvgIpc) is 3.29. The van der Waals surface area contributed by atoms with Crippen molar-refractivity contribution in [1.29, 1.82) is 0 Å². The van der Waals surface area contributed by atoms with Crippen molar-refractivity contribution in [2.45, 2.75) is 6.92 Å². The van der Waals surface area contributed by atoms with Gasteiger partial charge in [-0.3, -0.25) is 9.89 Å². The van der Waals surface area contributed by atoms with Gasteiger partial charge in [0, 0.05) is 55.8 Å². The number of pyridine rings is 1. The van der Waals surface area contributed by atoms with Crippen LogP contribution in [0, 0.1) is 12.9 Å².